The highest BCUT2D eigenvalue weighted by Crippen LogP contribution is 2.27. The Kier molecular flexibility index (Phi) is 5.66. The summed E-state index contributed by atoms with van der Waals surface area (Å²) in [5, 5.41) is 10.7. The summed E-state index contributed by atoms with van der Waals surface area (Å²) in [5.41, 5.74) is -0.464. The van der Waals surface area contributed by atoms with Crippen molar-refractivity contribution in [3.8, 4) is 0 Å². The van der Waals surface area contributed by atoms with E-state index in [2.05, 4.69) is 15.5 Å². The number of anilines is 1. The number of hydrogen-bond acceptors (Lipinski definition) is 6. The van der Waals surface area contributed by atoms with Crippen molar-refractivity contribution in [3.63, 3.8) is 0 Å². The summed E-state index contributed by atoms with van der Waals surface area (Å²) in [6.07, 6.45) is 0. The van der Waals surface area contributed by atoms with Crippen LogP contribution in [0.4, 0.5) is 13.9 Å². The number of carbonyl (C=O) groups is 2. The van der Waals surface area contributed by atoms with E-state index in [0.717, 1.165) is 35.2 Å². The Labute approximate surface area is 145 Å². The van der Waals surface area contributed by atoms with Gasteiger partial charge in [0.15, 0.2) is 21.8 Å². The first-order valence-electron chi connectivity index (χ1n) is 6.93. The second-order valence-corrected chi connectivity index (χ2v) is 8.12. The summed E-state index contributed by atoms with van der Waals surface area (Å²) in [4.78, 5) is 23.8. The normalized spacial score (nSPS) is 11.4. The third-order valence-electron chi connectivity index (χ3n) is 2.88. The van der Waals surface area contributed by atoms with Crippen molar-refractivity contribution >= 4 is 39.9 Å². The average Bonchev–Trinajstić information content (AvgIpc) is 2.94. The molecule has 128 valence electrons. The predicted molar refractivity (Wildman–Crippen MR) is 89.4 cm³/mol. The van der Waals surface area contributed by atoms with Crippen molar-refractivity contribution in [1.82, 2.24) is 10.2 Å². The Balaban J connectivity index is 1.94. The number of carbonyl (C=O) groups excluding carboxylic acids is 2. The lowest BCUT2D eigenvalue weighted by atomic mass is 9.96. The van der Waals surface area contributed by atoms with E-state index < -0.39 is 17.0 Å². The highest BCUT2D eigenvalue weighted by molar-refractivity contribution is 8.01. The molecule has 0 aliphatic rings. The highest BCUT2D eigenvalue weighted by atomic mass is 32.2. The third kappa shape index (κ3) is 4.81. The minimum absolute atomic E-state index is 0.00687. The van der Waals surface area contributed by atoms with E-state index in [-0.39, 0.29) is 23.0 Å². The monoisotopic (exact) mass is 371 g/mol. The van der Waals surface area contributed by atoms with Gasteiger partial charge in [0.05, 0.1) is 5.75 Å². The van der Waals surface area contributed by atoms with Gasteiger partial charge >= 0.3 is 0 Å². The van der Waals surface area contributed by atoms with Gasteiger partial charge in [0.2, 0.25) is 11.0 Å². The standard InChI is InChI=1S/C15H15F2N3O2S2/c1-15(2,3)12(22)18-13-19-20-14(24-13)23-7-11(21)8-4-5-9(16)10(17)6-8/h4-6H,7H2,1-3H3,(H,18,19,22). The Morgan fingerprint density at radius 3 is 2.54 bits per heavy atom. The molecule has 0 spiro atoms. The molecule has 5 nitrogen and oxygen atoms in total. The van der Waals surface area contributed by atoms with E-state index in [1.807, 2.05) is 0 Å². The van der Waals surface area contributed by atoms with Crippen LogP contribution >= 0.6 is 23.1 Å². The van der Waals surface area contributed by atoms with Crippen LogP contribution in [0.25, 0.3) is 0 Å². The molecule has 0 aliphatic heterocycles. The van der Waals surface area contributed by atoms with Crippen molar-refractivity contribution in [2.75, 3.05) is 11.1 Å². The summed E-state index contributed by atoms with van der Waals surface area (Å²) in [6.45, 7) is 5.33. The fourth-order valence-electron chi connectivity index (χ4n) is 1.48. The van der Waals surface area contributed by atoms with Gasteiger partial charge in [-0.25, -0.2) is 8.78 Å². The lowest BCUT2D eigenvalue weighted by Gasteiger charge is -2.15. The highest BCUT2D eigenvalue weighted by Gasteiger charge is 2.22. The number of halogens is 2. The molecule has 1 amide bonds. The molecule has 2 rings (SSSR count). The minimum Gasteiger partial charge on any atom is -0.300 e. The van der Waals surface area contributed by atoms with Gasteiger partial charge in [-0.3, -0.25) is 9.59 Å². The van der Waals surface area contributed by atoms with Gasteiger partial charge < -0.3 is 5.32 Å². The van der Waals surface area contributed by atoms with Crippen LogP contribution in [0, 0.1) is 17.0 Å². The van der Waals surface area contributed by atoms with E-state index in [9.17, 15) is 18.4 Å². The van der Waals surface area contributed by atoms with Gasteiger partial charge in [0, 0.05) is 11.0 Å². The maximum Gasteiger partial charge on any atom is 0.231 e. The van der Waals surface area contributed by atoms with Gasteiger partial charge in [0.1, 0.15) is 0 Å². The molecule has 0 fully saturated rings. The maximum absolute atomic E-state index is 13.1. The van der Waals surface area contributed by atoms with Gasteiger partial charge in [-0.2, -0.15) is 0 Å². The zero-order valence-corrected chi connectivity index (χ0v) is 14.9. The van der Waals surface area contributed by atoms with Crippen molar-refractivity contribution in [2.24, 2.45) is 5.41 Å². The first kappa shape index (κ1) is 18.5. The number of hydrogen-bond donors (Lipinski definition) is 1. The van der Waals surface area contributed by atoms with Gasteiger partial charge in [-0.15, -0.1) is 10.2 Å². The molecule has 0 atom stereocenters. The first-order chi connectivity index (χ1) is 11.2. The molecule has 0 unspecified atom stereocenters. The lowest BCUT2D eigenvalue weighted by Crippen LogP contribution is -2.27. The van der Waals surface area contributed by atoms with Crippen LogP contribution in [-0.4, -0.2) is 27.6 Å². The molecule has 1 N–H and O–H groups in total. The second kappa shape index (κ2) is 7.35. The number of nitrogens with one attached hydrogen (secondary N) is 1. The van der Waals surface area contributed by atoms with Gasteiger partial charge in [-0.05, 0) is 18.2 Å². The molecule has 1 aromatic heterocycles. The minimum atomic E-state index is -1.06. The van der Waals surface area contributed by atoms with Gasteiger partial charge in [-0.1, -0.05) is 43.9 Å². The summed E-state index contributed by atoms with van der Waals surface area (Å²) in [7, 11) is 0. The number of nitrogens with zero attached hydrogens (tertiary/aromatic N) is 2. The molecule has 0 saturated heterocycles. The van der Waals surface area contributed by atoms with Crippen molar-refractivity contribution < 1.29 is 18.4 Å². The molecule has 1 aromatic carbocycles. The molecule has 24 heavy (non-hydrogen) atoms. The van der Waals surface area contributed by atoms with Crippen LogP contribution in [0.3, 0.4) is 0 Å². The van der Waals surface area contributed by atoms with E-state index in [4.69, 9.17) is 0 Å². The summed E-state index contributed by atoms with van der Waals surface area (Å²) in [6, 6.07) is 3.02. The van der Waals surface area contributed by atoms with E-state index >= 15 is 0 Å². The summed E-state index contributed by atoms with van der Waals surface area (Å²) in [5.74, 6) is -2.59. The number of aromatic nitrogens is 2. The van der Waals surface area contributed by atoms with Crippen LogP contribution in [0.2, 0.25) is 0 Å². The molecule has 2 aromatic rings. The van der Waals surface area contributed by atoms with Gasteiger partial charge in [0.25, 0.3) is 0 Å². The number of thioether (sulfide) groups is 1. The van der Waals surface area contributed by atoms with Crippen molar-refractivity contribution in [2.45, 2.75) is 25.1 Å². The van der Waals surface area contributed by atoms with Crippen LogP contribution < -0.4 is 5.32 Å². The van der Waals surface area contributed by atoms with Crippen molar-refractivity contribution in [1.29, 1.82) is 0 Å². The molecule has 0 saturated carbocycles. The van der Waals surface area contributed by atoms with E-state index in [0.29, 0.717) is 9.47 Å². The Morgan fingerprint density at radius 1 is 1.21 bits per heavy atom. The maximum atomic E-state index is 13.1. The fourth-order valence-corrected chi connectivity index (χ4v) is 3.12. The molecular formula is C15H15F2N3O2S2. The van der Waals surface area contributed by atoms with E-state index in [1.165, 1.54) is 6.07 Å². The number of Topliss-reactive ketones (excluding diaryl/α,β-unsaturated/α-hetero) is 1. The molecular weight excluding hydrogens is 356 g/mol. The summed E-state index contributed by atoms with van der Waals surface area (Å²) < 4.78 is 26.5. The summed E-state index contributed by atoms with van der Waals surface area (Å²) >= 11 is 2.26. The van der Waals surface area contributed by atoms with Crippen LogP contribution in [0.1, 0.15) is 31.1 Å². The topological polar surface area (TPSA) is 72.0 Å². The molecule has 0 radical (unpaired) electrons. The number of rotatable bonds is 5. The first-order valence-corrected chi connectivity index (χ1v) is 8.73. The van der Waals surface area contributed by atoms with Crippen LogP contribution in [0.5, 0.6) is 0 Å². The largest absolute Gasteiger partial charge is 0.300 e. The number of ketones is 1. The lowest BCUT2D eigenvalue weighted by molar-refractivity contribution is -0.123. The molecule has 0 bridgehead atoms. The molecule has 0 aliphatic carbocycles. The quantitative estimate of drug-likeness (QED) is 0.492. The van der Waals surface area contributed by atoms with Crippen LogP contribution in [0.15, 0.2) is 22.5 Å². The van der Waals surface area contributed by atoms with Crippen molar-refractivity contribution in [3.05, 3.63) is 35.4 Å². The van der Waals surface area contributed by atoms with Crippen LogP contribution in [-0.2, 0) is 4.79 Å². The fraction of sp³-hybridized carbons (Fsp3) is 0.333. The zero-order chi connectivity index (χ0) is 17.9. The van der Waals surface area contributed by atoms with E-state index in [1.54, 1.807) is 20.8 Å². The molecule has 1 heterocycles. The Morgan fingerprint density at radius 2 is 1.92 bits per heavy atom. The Hall–Kier alpha value is -1.87. The smallest absolute Gasteiger partial charge is 0.231 e. The number of amides is 1. The Bertz CT molecular complexity index is 772. The third-order valence-corrected chi connectivity index (χ3v) is 4.85. The molecule has 9 heteroatoms. The second-order valence-electron chi connectivity index (χ2n) is 5.92. The SMILES string of the molecule is CC(C)(C)C(=O)Nc1nnc(SCC(=O)c2ccc(F)c(F)c2)s1. The zero-order valence-electron chi connectivity index (χ0n) is 13.2. The number of benzene rings is 1. The average molecular weight is 371 g/mol. The predicted octanol–water partition coefficient (Wildman–Crippen LogP) is 3.78.